The number of hydrogen-bond acceptors (Lipinski definition) is 8. The third-order valence-corrected chi connectivity index (χ3v) is 4.42. The second-order valence-electron chi connectivity index (χ2n) is 4.97. The molecule has 0 bridgehead atoms. The molecule has 1 aliphatic heterocycles. The first-order valence-electron chi connectivity index (χ1n) is 6.99. The summed E-state index contributed by atoms with van der Waals surface area (Å²) in [5, 5.41) is 14.2. The van der Waals surface area contributed by atoms with E-state index in [0.717, 1.165) is 16.0 Å². The van der Waals surface area contributed by atoms with E-state index in [4.69, 9.17) is 5.26 Å². The van der Waals surface area contributed by atoms with Gasteiger partial charge in [0.25, 0.3) is 17.7 Å². The van der Waals surface area contributed by atoms with Gasteiger partial charge in [0.15, 0.2) is 0 Å². The molecule has 0 aliphatic carbocycles. The number of benzene rings is 1. The summed E-state index contributed by atoms with van der Waals surface area (Å²) in [7, 11) is 0. The van der Waals surface area contributed by atoms with Crippen molar-refractivity contribution in [3.63, 3.8) is 0 Å². The molecule has 2 aromatic rings. The standard InChI is InChI=1S/C15H9N5O4S/c16-6-5-9(21)19-20-11-10(12(22)14(24)18-13(11)23)15-17-7-3-1-2-4-8(7)25-15/h1-4,10H,5H2,(H,19,21)(H,18,23,24)/b20-11+/t10-/m0/s1. The molecule has 0 spiro atoms. The average molecular weight is 355 g/mol. The van der Waals surface area contributed by atoms with Gasteiger partial charge in [-0.2, -0.15) is 10.4 Å². The number of rotatable bonds is 3. The van der Waals surface area contributed by atoms with Gasteiger partial charge in [-0.05, 0) is 12.1 Å². The number of imide groups is 1. The van der Waals surface area contributed by atoms with Gasteiger partial charge in [0, 0.05) is 0 Å². The summed E-state index contributed by atoms with van der Waals surface area (Å²) in [5.41, 5.74) is 2.29. The summed E-state index contributed by atoms with van der Waals surface area (Å²) in [4.78, 5) is 51.7. The summed E-state index contributed by atoms with van der Waals surface area (Å²) in [6, 6.07) is 8.71. The third-order valence-electron chi connectivity index (χ3n) is 3.32. The van der Waals surface area contributed by atoms with Crippen LogP contribution in [-0.2, 0) is 19.2 Å². The summed E-state index contributed by atoms with van der Waals surface area (Å²) in [6.07, 6.45) is -0.461. The number of Topliss-reactive ketones (excluding diaryl/α,β-unsaturated/α-hetero) is 1. The van der Waals surface area contributed by atoms with Crippen molar-refractivity contribution < 1.29 is 19.2 Å². The number of amides is 3. The van der Waals surface area contributed by atoms with Crippen molar-refractivity contribution in [2.75, 3.05) is 0 Å². The number of nitriles is 1. The quantitative estimate of drug-likeness (QED) is 0.451. The first-order chi connectivity index (χ1) is 12.0. The van der Waals surface area contributed by atoms with E-state index < -0.39 is 35.8 Å². The Hall–Kier alpha value is -3.45. The topological polar surface area (TPSA) is 141 Å². The maximum Gasteiger partial charge on any atom is 0.295 e. The zero-order valence-electron chi connectivity index (χ0n) is 12.5. The molecule has 1 fully saturated rings. The van der Waals surface area contributed by atoms with Gasteiger partial charge in [0.05, 0.1) is 16.3 Å². The third kappa shape index (κ3) is 3.13. The molecule has 10 heteroatoms. The Balaban J connectivity index is 2.03. The molecule has 1 saturated heterocycles. The first kappa shape index (κ1) is 16.4. The summed E-state index contributed by atoms with van der Waals surface area (Å²) in [6.45, 7) is 0. The number of carbonyl (C=O) groups excluding carboxylic acids is 4. The Bertz CT molecular complexity index is 954. The number of carbonyl (C=O) groups is 4. The van der Waals surface area contributed by atoms with E-state index in [2.05, 4.69) is 10.1 Å². The molecule has 0 saturated carbocycles. The van der Waals surface area contributed by atoms with Crippen LogP contribution >= 0.6 is 11.3 Å². The van der Waals surface area contributed by atoms with Gasteiger partial charge in [-0.1, -0.05) is 12.1 Å². The van der Waals surface area contributed by atoms with Crippen LogP contribution in [0.15, 0.2) is 29.4 Å². The van der Waals surface area contributed by atoms with Gasteiger partial charge in [0.1, 0.15) is 23.1 Å². The van der Waals surface area contributed by atoms with E-state index in [1.807, 2.05) is 10.7 Å². The van der Waals surface area contributed by atoms with Gasteiger partial charge in [0.2, 0.25) is 5.78 Å². The number of ketones is 1. The van der Waals surface area contributed by atoms with Gasteiger partial charge < -0.3 is 0 Å². The minimum absolute atomic E-state index is 0.225. The predicted octanol–water partition coefficient (Wildman–Crippen LogP) is -0.00872. The highest BCUT2D eigenvalue weighted by atomic mass is 32.1. The van der Waals surface area contributed by atoms with E-state index >= 15 is 0 Å². The van der Waals surface area contributed by atoms with E-state index in [9.17, 15) is 19.2 Å². The van der Waals surface area contributed by atoms with Crippen LogP contribution in [0.25, 0.3) is 10.2 Å². The molecule has 1 aromatic heterocycles. The lowest BCUT2D eigenvalue weighted by molar-refractivity contribution is -0.141. The number of piperidine rings is 1. The number of fused-ring (bicyclic) bond motifs is 1. The van der Waals surface area contributed by atoms with Crippen molar-refractivity contribution >= 4 is 50.8 Å². The Labute approximate surface area is 144 Å². The minimum Gasteiger partial charge on any atom is -0.287 e. The number of thiazole rings is 1. The van der Waals surface area contributed by atoms with Crippen LogP contribution < -0.4 is 10.7 Å². The largest absolute Gasteiger partial charge is 0.295 e. The zero-order valence-corrected chi connectivity index (χ0v) is 13.3. The lowest BCUT2D eigenvalue weighted by Crippen LogP contribution is -2.52. The van der Waals surface area contributed by atoms with E-state index in [1.165, 1.54) is 0 Å². The van der Waals surface area contributed by atoms with Crippen LogP contribution in [0.4, 0.5) is 0 Å². The number of aromatic nitrogens is 1. The van der Waals surface area contributed by atoms with Crippen molar-refractivity contribution in [1.29, 1.82) is 5.26 Å². The van der Waals surface area contributed by atoms with Crippen LogP contribution in [0.5, 0.6) is 0 Å². The fraction of sp³-hybridized carbons (Fsp3) is 0.133. The highest BCUT2D eigenvalue weighted by Crippen LogP contribution is 2.30. The van der Waals surface area contributed by atoms with Crippen LogP contribution in [0.3, 0.4) is 0 Å². The first-order valence-corrected chi connectivity index (χ1v) is 7.81. The molecule has 1 aliphatic rings. The summed E-state index contributed by atoms with van der Waals surface area (Å²) < 4.78 is 0.775. The Morgan fingerprint density at radius 2 is 2.08 bits per heavy atom. The van der Waals surface area contributed by atoms with E-state index in [0.29, 0.717) is 5.52 Å². The molecule has 1 atom stereocenters. The second-order valence-corrected chi connectivity index (χ2v) is 6.03. The molecule has 0 unspecified atom stereocenters. The molecule has 3 rings (SSSR count). The maximum atomic E-state index is 12.3. The lowest BCUT2D eigenvalue weighted by atomic mass is 9.94. The van der Waals surface area contributed by atoms with E-state index in [1.54, 1.807) is 30.3 Å². The van der Waals surface area contributed by atoms with Crippen molar-refractivity contribution in [2.24, 2.45) is 5.10 Å². The normalized spacial score (nSPS) is 18.9. The fourth-order valence-electron chi connectivity index (χ4n) is 2.21. The van der Waals surface area contributed by atoms with E-state index in [-0.39, 0.29) is 10.7 Å². The zero-order chi connectivity index (χ0) is 18.0. The maximum absolute atomic E-state index is 12.3. The highest BCUT2D eigenvalue weighted by molar-refractivity contribution is 7.19. The molecule has 124 valence electrons. The molecular weight excluding hydrogens is 346 g/mol. The predicted molar refractivity (Wildman–Crippen MR) is 86.3 cm³/mol. The Morgan fingerprint density at radius 3 is 2.80 bits per heavy atom. The number of hydrazone groups is 1. The number of para-hydroxylation sites is 1. The van der Waals surface area contributed by atoms with Crippen LogP contribution in [0, 0.1) is 11.3 Å². The van der Waals surface area contributed by atoms with Gasteiger partial charge in [-0.25, -0.2) is 10.4 Å². The number of nitrogens with zero attached hydrogens (tertiary/aromatic N) is 3. The molecule has 3 amide bonds. The molecule has 2 heterocycles. The Morgan fingerprint density at radius 1 is 1.32 bits per heavy atom. The number of nitrogens with one attached hydrogen (secondary N) is 2. The monoisotopic (exact) mass is 355 g/mol. The van der Waals surface area contributed by atoms with Gasteiger partial charge in [-0.15, -0.1) is 11.3 Å². The molecule has 2 N–H and O–H groups in total. The summed E-state index contributed by atoms with van der Waals surface area (Å²) in [5.74, 6) is -4.90. The van der Waals surface area contributed by atoms with Crippen LogP contribution in [0.2, 0.25) is 0 Å². The SMILES string of the molecule is N#CCC(=O)N/N=C1/C(=O)NC(=O)C(=O)[C@H]1c1nc2ccccc2s1. The second kappa shape index (κ2) is 6.58. The molecular formula is C15H9N5O4S. The Kier molecular flexibility index (Phi) is 4.32. The van der Waals surface area contributed by atoms with Crippen molar-refractivity contribution in [2.45, 2.75) is 12.3 Å². The lowest BCUT2D eigenvalue weighted by Gasteiger charge is -2.19. The van der Waals surface area contributed by atoms with Gasteiger partial charge >= 0.3 is 0 Å². The van der Waals surface area contributed by atoms with Gasteiger partial charge in [-0.3, -0.25) is 24.5 Å². The van der Waals surface area contributed by atoms with Crippen LogP contribution in [0.1, 0.15) is 17.3 Å². The number of hydrogen-bond donors (Lipinski definition) is 2. The van der Waals surface area contributed by atoms with Crippen molar-refractivity contribution in [1.82, 2.24) is 15.7 Å². The summed E-state index contributed by atoms with van der Waals surface area (Å²) >= 11 is 1.15. The van der Waals surface area contributed by atoms with Crippen molar-refractivity contribution in [3.8, 4) is 6.07 Å². The minimum atomic E-state index is -1.30. The molecule has 25 heavy (non-hydrogen) atoms. The van der Waals surface area contributed by atoms with Crippen LogP contribution in [-0.4, -0.2) is 34.2 Å². The fourth-order valence-corrected chi connectivity index (χ4v) is 3.28. The molecule has 9 nitrogen and oxygen atoms in total. The smallest absolute Gasteiger partial charge is 0.287 e. The molecule has 0 radical (unpaired) electrons. The molecule has 1 aromatic carbocycles. The average Bonchev–Trinajstić information content (AvgIpc) is 3.00. The highest BCUT2D eigenvalue weighted by Gasteiger charge is 2.43. The van der Waals surface area contributed by atoms with Crippen molar-refractivity contribution in [3.05, 3.63) is 29.3 Å².